The summed E-state index contributed by atoms with van der Waals surface area (Å²) in [5.74, 6) is 0. The molecule has 34 heavy (non-hydrogen) atoms. The summed E-state index contributed by atoms with van der Waals surface area (Å²) in [4.78, 5) is 9.71. The fourth-order valence-corrected chi connectivity index (χ4v) is 4.57. The predicted octanol–water partition coefficient (Wildman–Crippen LogP) is 10.0. The molecule has 0 saturated heterocycles. The summed E-state index contributed by atoms with van der Waals surface area (Å²) in [5.41, 5.74) is 0. The highest BCUT2D eigenvalue weighted by molar-refractivity contribution is 7.47. The van der Waals surface area contributed by atoms with Gasteiger partial charge in [-0.25, -0.2) is 4.57 Å². The Bertz CT molecular complexity index is 374. The zero-order valence-corrected chi connectivity index (χ0v) is 24.4. The molecule has 0 unspecified atom stereocenters. The zero-order chi connectivity index (χ0) is 25.6. The van der Waals surface area contributed by atoms with Crippen molar-refractivity contribution in [2.75, 3.05) is 26.4 Å². The molecule has 0 fully saturated rings. The molecule has 6 heteroatoms. The molecule has 0 atom stereocenters. The van der Waals surface area contributed by atoms with Crippen LogP contribution in [0.1, 0.15) is 156 Å². The van der Waals surface area contributed by atoms with E-state index in [2.05, 4.69) is 13.8 Å². The van der Waals surface area contributed by atoms with Gasteiger partial charge in [-0.2, -0.15) is 0 Å². The van der Waals surface area contributed by atoms with Crippen molar-refractivity contribution in [3.63, 3.8) is 0 Å². The molecule has 0 aliphatic carbocycles. The van der Waals surface area contributed by atoms with Crippen LogP contribution < -0.4 is 0 Å². The molecule has 0 spiro atoms. The molecule has 0 bridgehead atoms. The van der Waals surface area contributed by atoms with Gasteiger partial charge in [0.1, 0.15) is 0 Å². The highest BCUT2D eigenvalue weighted by Crippen LogP contribution is 2.43. The van der Waals surface area contributed by atoms with Crippen molar-refractivity contribution in [1.29, 1.82) is 0 Å². The third-order valence-electron chi connectivity index (χ3n) is 5.91. The van der Waals surface area contributed by atoms with Crippen LogP contribution in [0.5, 0.6) is 0 Å². The van der Waals surface area contributed by atoms with E-state index in [4.69, 9.17) is 13.8 Å². The van der Waals surface area contributed by atoms with E-state index in [0.717, 1.165) is 38.9 Å². The van der Waals surface area contributed by atoms with Crippen molar-refractivity contribution in [2.45, 2.75) is 156 Å². The highest BCUT2D eigenvalue weighted by atomic mass is 31.2. The number of ether oxygens (including phenoxy) is 1. The summed E-state index contributed by atoms with van der Waals surface area (Å²) < 4.78 is 26.8. The van der Waals surface area contributed by atoms with Crippen LogP contribution in [0.4, 0.5) is 0 Å². The van der Waals surface area contributed by atoms with Gasteiger partial charge in [0.25, 0.3) is 0 Å². The van der Waals surface area contributed by atoms with Crippen LogP contribution in [-0.2, 0) is 18.3 Å². The number of hydrogen-bond donors (Lipinski definition) is 1. The molecule has 1 N–H and O–H groups in total. The van der Waals surface area contributed by atoms with Crippen molar-refractivity contribution in [2.24, 2.45) is 0 Å². The molecule has 5 nitrogen and oxygen atoms in total. The molecule has 0 heterocycles. The van der Waals surface area contributed by atoms with Gasteiger partial charge in [0.2, 0.25) is 0 Å². The third-order valence-corrected chi connectivity index (χ3v) is 6.93. The van der Waals surface area contributed by atoms with E-state index in [1.165, 1.54) is 103 Å². The van der Waals surface area contributed by atoms with Gasteiger partial charge in [0.05, 0.1) is 13.2 Å². The molecule has 0 rings (SSSR count). The lowest BCUT2D eigenvalue weighted by Crippen LogP contribution is -1.99. The predicted molar refractivity (Wildman–Crippen MR) is 148 cm³/mol. The summed E-state index contributed by atoms with van der Waals surface area (Å²) in [7, 11) is -3.85. The van der Waals surface area contributed by atoms with Gasteiger partial charge in [0.15, 0.2) is 0 Å². The average molecular weight is 509 g/mol. The van der Waals surface area contributed by atoms with Crippen LogP contribution in [-0.4, -0.2) is 31.3 Å². The van der Waals surface area contributed by atoms with E-state index in [1.807, 2.05) is 13.8 Å². The van der Waals surface area contributed by atoms with E-state index in [0.29, 0.717) is 13.2 Å². The first-order chi connectivity index (χ1) is 16.5. The number of rotatable bonds is 26. The van der Waals surface area contributed by atoms with E-state index < -0.39 is 7.82 Å². The molecule has 0 aromatic heterocycles. The maximum atomic E-state index is 11.8. The molecule has 0 aromatic rings. The first-order valence-electron chi connectivity index (χ1n) is 14.7. The maximum absolute atomic E-state index is 11.8. The quantitative estimate of drug-likeness (QED) is 0.0930. The number of unbranched alkanes of at least 4 members (excludes halogenated alkanes) is 18. The topological polar surface area (TPSA) is 65.0 Å². The Morgan fingerprint density at radius 1 is 0.471 bits per heavy atom. The lowest BCUT2D eigenvalue weighted by molar-refractivity contribution is 0.145. The van der Waals surface area contributed by atoms with Crippen molar-refractivity contribution >= 4 is 7.82 Å². The van der Waals surface area contributed by atoms with Crippen LogP contribution in [0.2, 0.25) is 0 Å². The SMILES string of the molecule is CCCCCCCCCCCCOP(=O)(O)OCCCCCCCCCCCC.CCOCC. The van der Waals surface area contributed by atoms with Crippen molar-refractivity contribution in [3.05, 3.63) is 0 Å². The molecule has 0 aromatic carbocycles. The first kappa shape index (κ1) is 36.2. The molecule has 0 amide bonds. The number of phosphoric ester groups is 1. The van der Waals surface area contributed by atoms with Crippen molar-refractivity contribution in [1.82, 2.24) is 0 Å². The van der Waals surface area contributed by atoms with E-state index in [9.17, 15) is 9.46 Å². The van der Waals surface area contributed by atoms with Crippen LogP contribution >= 0.6 is 7.82 Å². The van der Waals surface area contributed by atoms with E-state index >= 15 is 0 Å². The Labute approximate surface area is 213 Å². The van der Waals surface area contributed by atoms with Gasteiger partial charge in [-0.05, 0) is 26.7 Å². The lowest BCUT2D eigenvalue weighted by atomic mass is 10.1. The minimum absolute atomic E-state index is 0.322. The monoisotopic (exact) mass is 508 g/mol. The largest absolute Gasteiger partial charge is 0.472 e. The van der Waals surface area contributed by atoms with Gasteiger partial charge in [-0.3, -0.25) is 9.05 Å². The molecule has 0 aliphatic heterocycles. The first-order valence-corrected chi connectivity index (χ1v) is 16.2. The molecule has 208 valence electrons. The fourth-order valence-electron chi connectivity index (χ4n) is 3.78. The second kappa shape index (κ2) is 31.1. The Kier molecular flexibility index (Phi) is 33.1. The summed E-state index contributed by atoms with van der Waals surface area (Å²) in [5, 5.41) is 0. The Morgan fingerprint density at radius 3 is 0.971 bits per heavy atom. The van der Waals surface area contributed by atoms with Gasteiger partial charge in [-0.1, -0.05) is 129 Å². The van der Waals surface area contributed by atoms with Crippen LogP contribution in [0.25, 0.3) is 0 Å². The maximum Gasteiger partial charge on any atom is 0.472 e. The standard InChI is InChI=1S/C24H51O4P.C4H10O/c1-3-5-7-9-11-13-15-17-19-21-23-27-29(25,26)28-24-22-20-18-16-14-12-10-8-6-4-2;1-3-5-4-2/h3-24H2,1-2H3,(H,25,26);3-4H2,1-2H3. The summed E-state index contributed by atoms with van der Waals surface area (Å²) >= 11 is 0. The van der Waals surface area contributed by atoms with E-state index in [1.54, 1.807) is 0 Å². The molecular formula is C28H61O5P. The Hall–Kier alpha value is 0.0700. The third kappa shape index (κ3) is 34.2. The average Bonchev–Trinajstić information content (AvgIpc) is 2.82. The molecule has 0 saturated carbocycles. The normalized spacial score (nSPS) is 11.4. The molecule has 0 radical (unpaired) electrons. The molecular weight excluding hydrogens is 447 g/mol. The van der Waals surface area contributed by atoms with Crippen molar-refractivity contribution in [3.8, 4) is 0 Å². The Morgan fingerprint density at radius 2 is 0.735 bits per heavy atom. The smallest absolute Gasteiger partial charge is 0.382 e. The van der Waals surface area contributed by atoms with E-state index in [-0.39, 0.29) is 0 Å². The molecule has 0 aliphatic rings. The van der Waals surface area contributed by atoms with Crippen LogP contribution in [0.3, 0.4) is 0 Å². The zero-order valence-electron chi connectivity index (χ0n) is 23.5. The Balaban J connectivity index is 0. The fraction of sp³-hybridized carbons (Fsp3) is 1.00. The van der Waals surface area contributed by atoms with Gasteiger partial charge >= 0.3 is 7.82 Å². The number of hydrogen-bond acceptors (Lipinski definition) is 4. The summed E-state index contributed by atoms with van der Waals surface area (Å²) in [6.45, 7) is 10.8. The minimum Gasteiger partial charge on any atom is -0.382 e. The second-order valence-corrected chi connectivity index (χ2v) is 10.7. The van der Waals surface area contributed by atoms with Gasteiger partial charge in [-0.15, -0.1) is 0 Å². The van der Waals surface area contributed by atoms with Crippen molar-refractivity contribution < 1.29 is 23.2 Å². The van der Waals surface area contributed by atoms with Gasteiger partial charge in [0, 0.05) is 13.2 Å². The lowest BCUT2D eigenvalue weighted by Gasteiger charge is -2.12. The van der Waals surface area contributed by atoms with Gasteiger partial charge < -0.3 is 9.63 Å². The van der Waals surface area contributed by atoms with Crippen LogP contribution in [0.15, 0.2) is 0 Å². The van der Waals surface area contributed by atoms with Crippen LogP contribution in [0, 0.1) is 0 Å². The number of phosphoric acid groups is 1. The second-order valence-electron chi connectivity index (χ2n) is 9.28. The minimum atomic E-state index is -3.85. The summed E-state index contributed by atoms with van der Waals surface area (Å²) in [6, 6.07) is 0. The highest BCUT2D eigenvalue weighted by Gasteiger charge is 2.19. The summed E-state index contributed by atoms with van der Waals surface area (Å²) in [6.07, 6.45) is 24.8.